The molecule has 0 N–H and O–H groups in total. The molecular weight excluding hydrogens is 204 g/mol. The first-order valence-electron chi connectivity index (χ1n) is 5.39. The van der Waals surface area contributed by atoms with Crippen LogP contribution in [-0.4, -0.2) is 24.3 Å². The Kier molecular flexibility index (Phi) is 4.79. The molecule has 0 saturated carbocycles. The molecule has 0 aliphatic heterocycles. The van der Waals surface area contributed by atoms with Crippen LogP contribution < -0.4 is 0 Å². The highest BCUT2D eigenvalue weighted by Crippen LogP contribution is 2.19. The third-order valence-electron chi connectivity index (χ3n) is 2.62. The number of benzene rings is 1. The molecule has 4 heteroatoms. The lowest BCUT2D eigenvalue weighted by Gasteiger charge is -2.18. The standard InChI is InChI=1S/C12H16N2O2/c1-3-14(4-2)8-10-5-6-12(13-16)11(7-10)9-15/h5-7,9H,3-4,8H2,1-2H3. The first-order chi connectivity index (χ1) is 7.74. The van der Waals surface area contributed by atoms with Crippen molar-refractivity contribution in [3.63, 3.8) is 0 Å². The van der Waals surface area contributed by atoms with Gasteiger partial charge in [-0.3, -0.25) is 9.69 Å². The van der Waals surface area contributed by atoms with Gasteiger partial charge in [0.15, 0.2) is 6.29 Å². The molecule has 0 aromatic heterocycles. The molecule has 16 heavy (non-hydrogen) atoms. The average Bonchev–Trinajstić information content (AvgIpc) is 2.35. The zero-order chi connectivity index (χ0) is 12.0. The van der Waals surface area contributed by atoms with Gasteiger partial charge >= 0.3 is 0 Å². The van der Waals surface area contributed by atoms with Crippen LogP contribution in [0.4, 0.5) is 5.69 Å². The second kappa shape index (κ2) is 6.12. The second-order valence-electron chi connectivity index (χ2n) is 3.56. The van der Waals surface area contributed by atoms with Gasteiger partial charge in [-0.1, -0.05) is 19.9 Å². The van der Waals surface area contributed by atoms with E-state index in [1.807, 2.05) is 6.07 Å². The van der Waals surface area contributed by atoms with Crippen molar-refractivity contribution in [3.05, 3.63) is 34.2 Å². The summed E-state index contributed by atoms with van der Waals surface area (Å²) < 4.78 is 0. The van der Waals surface area contributed by atoms with Gasteiger partial charge in [-0.05, 0) is 36.0 Å². The molecule has 0 bridgehead atoms. The minimum Gasteiger partial charge on any atom is -0.300 e. The fraction of sp³-hybridized carbons (Fsp3) is 0.417. The van der Waals surface area contributed by atoms with E-state index in [9.17, 15) is 9.70 Å². The molecule has 0 spiro atoms. The number of hydrogen-bond acceptors (Lipinski definition) is 4. The van der Waals surface area contributed by atoms with Crippen molar-refractivity contribution < 1.29 is 4.79 Å². The van der Waals surface area contributed by atoms with Gasteiger partial charge in [0, 0.05) is 12.1 Å². The van der Waals surface area contributed by atoms with E-state index < -0.39 is 0 Å². The van der Waals surface area contributed by atoms with E-state index >= 15 is 0 Å². The Morgan fingerprint density at radius 3 is 2.50 bits per heavy atom. The maximum atomic E-state index is 10.8. The number of hydrogen-bond donors (Lipinski definition) is 0. The number of carbonyl (C=O) groups excluding carboxylic acids is 1. The van der Waals surface area contributed by atoms with E-state index in [4.69, 9.17) is 0 Å². The lowest BCUT2D eigenvalue weighted by molar-refractivity contribution is 0.112. The van der Waals surface area contributed by atoms with Gasteiger partial charge in [0.1, 0.15) is 5.69 Å². The van der Waals surface area contributed by atoms with Crippen molar-refractivity contribution in [3.8, 4) is 0 Å². The zero-order valence-corrected chi connectivity index (χ0v) is 9.64. The van der Waals surface area contributed by atoms with E-state index in [1.165, 1.54) is 0 Å². The Hall–Kier alpha value is -1.55. The summed E-state index contributed by atoms with van der Waals surface area (Å²) in [5.74, 6) is 0. The molecule has 0 amide bonds. The second-order valence-corrected chi connectivity index (χ2v) is 3.56. The van der Waals surface area contributed by atoms with Crippen molar-refractivity contribution in [2.45, 2.75) is 20.4 Å². The first kappa shape index (κ1) is 12.5. The smallest absolute Gasteiger partial charge is 0.152 e. The summed E-state index contributed by atoms with van der Waals surface area (Å²) in [5.41, 5.74) is 1.59. The minimum absolute atomic E-state index is 0.207. The van der Waals surface area contributed by atoms with Crippen LogP contribution in [0.2, 0.25) is 0 Å². The van der Waals surface area contributed by atoms with E-state index in [2.05, 4.69) is 23.9 Å². The fourth-order valence-corrected chi connectivity index (χ4v) is 1.59. The van der Waals surface area contributed by atoms with Gasteiger partial charge in [0.25, 0.3) is 0 Å². The van der Waals surface area contributed by atoms with Gasteiger partial charge in [-0.2, -0.15) is 0 Å². The molecule has 0 aliphatic carbocycles. The molecular formula is C12H16N2O2. The van der Waals surface area contributed by atoms with Crippen LogP contribution in [0.5, 0.6) is 0 Å². The number of nitroso groups, excluding NO2 is 1. The zero-order valence-electron chi connectivity index (χ0n) is 9.64. The van der Waals surface area contributed by atoms with E-state index in [0.717, 1.165) is 25.2 Å². The molecule has 1 aromatic rings. The molecule has 0 heterocycles. The predicted octanol–water partition coefficient (Wildman–Crippen LogP) is 2.74. The third kappa shape index (κ3) is 2.97. The van der Waals surface area contributed by atoms with E-state index in [1.54, 1.807) is 12.1 Å². The average molecular weight is 220 g/mol. The van der Waals surface area contributed by atoms with E-state index in [-0.39, 0.29) is 5.69 Å². The Morgan fingerprint density at radius 1 is 1.31 bits per heavy atom. The lowest BCUT2D eigenvalue weighted by atomic mass is 10.1. The Balaban J connectivity index is 2.90. The molecule has 0 saturated heterocycles. The van der Waals surface area contributed by atoms with Crippen molar-refractivity contribution in [1.29, 1.82) is 0 Å². The summed E-state index contributed by atoms with van der Waals surface area (Å²) in [6, 6.07) is 5.15. The lowest BCUT2D eigenvalue weighted by Crippen LogP contribution is -2.22. The van der Waals surface area contributed by atoms with Crippen LogP contribution in [0.15, 0.2) is 23.4 Å². The first-order valence-corrected chi connectivity index (χ1v) is 5.39. The van der Waals surface area contributed by atoms with Crippen molar-refractivity contribution in [1.82, 2.24) is 4.90 Å². The molecule has 0 unspecified atom stereocenters. The van der Waals surface area contributed by atoms with Crippen LogP contribution in [-0.2, 0) is 6.54 Å². The summed E-state index contributed by atoms with van der Waals surface area (Å²) >= 11 is 0. The Bertz CT molecular complexity index is 373. The monoisotopic (exact) mass is 220 g/mol. The highest BCUT2D eigenvalue weighted by Gasteiger charge is 2.06. The molecule has 1 aromatic carbocycles. The van der Waals surface area contributed by atoms with Crippen LogP contribution in [0.25, 0.3) is 0 Å². The van der Waals surface area contributed by atoms with Crippen molar-refractivity contribution in [2.24, 2.45) is 5.18 Å². The normalized spacial score (nSPS) is 10.4. The highest BCUT2D eigenvalue weighted by molar-refractivity contribution is 5.83. The Labute approximate surface area is 95.2 Å². The summed E-state index contributed by atoms with van der Waals surface area (Å²) in [6.07, 6.45) is 0.669. The number of carbonyl (C=O) groups is 1. The van der Waals surface area contributed by atoms with E-state index in [0.29, 0.717) is 11.8 Å². The van der Waals surface area contributed by atoms with Gasteiger partial charge in [0.2, 0.25) is 0 Å². The quantitative estimate of drug-likeness (QED) is 0.547. The molecule has 0 radical (unpaired) electrons. The summed E-state index contributed by atoms with van der Waals surface area (Å²) in [7, 11) is 0. The summed E-state index contributed by atoms with van der Waals surface area (Å²) in [5, 5.41) is 2.81. The summed E-state index contributed by atoms with van der Waals surface area (Å²) in [6.45, 7) is 6.88. The van der Waals surface area contributed by atoms with Crippen LogP contribution in [0, 0.1) is 4.91 Å². The van der Waals surface area contributed by atoms with Crippen molar-refractivity contribution in [2.75, 3.05) is 13.1 Å². The number of nitrogens with zero attached hydrogens (tertiary/aromatic N) is 2. The molecule has 86 valence electrons. The van der Waals surface area contributed by atoms with Gasteiger partial charge in [0.05, 0.1) is 0 Å². The van der Waals surface area contributed by atoms with Crippen LogP contribution >= 0.6 is 0 Å². The molecule has 0 atom stereocenters. The van der Waals surface area contributed by atoms with Crippen LogP contribution in [0.1, 0.15) is 29.8 Å². The van der Waals surface area contributed by atoms with Gasteiger partial charge < -0.3 is 0 Å². The predicted molar refractivity (Wildman–Crippen MR) is 63.9 cm³/mol. The largest absolute Gasteiger partial charge is 0.300 e. The maximum absolute atomic E-state index is 10.8. The van der Waals surface area contributed by atoms with Gasteiger partial charge in [-0.15, -0.1) is 4.91 Å². The SMILES string of the molecule is CCN(CC)Cc1ccc(N=O)c(C=O)c1. The topological polar surface area (TPSA) is 49.7 Å². The highest BCUT2D eigenvalue weighted by atomic mass is 16.3. The summed E-state index contributed by atoms with van der Waals surface area (Å²) in [4.78, 5) is 23.4. The van der Waals surface area contributed by atoms with Gasteiger partial charge in [-0.25, -0.2) is 0 Å². The number of rotatable bonds is 6. The van der Waals surface area contributed by atoms with Crippen molar-refractivity contribution >= 4 is 12.0 Å². The number of aldehydes is 1. The third-order valence-corrected chi connectivity index (χ3v) is 2.62. The molecule has 4 nitrogen and oxygen atoms in total. The molecule has 0 fully saturated rings. The fourth-order valence-electron chi connectivity index (χ4n) is 1.59. The molecule has 0 aliphatic rings. The maximum Gasteiger partial charge on any atom is 0.152 e. The molecule has 1 rings (SSSR count). The minimum atomic E-state index is 0.207. The van der Waals surface area contributed by atoms with Crippen LogP contribution in [0.3, 0.4) is 0 Å². The Morgan fingerprint density at radius 2 is 2.00 bits per heavy atom.